The van der Waals surface area contributed by atoms with Crippen molar-refractivity contribution in [1.29, 1.82) is 0 Å². The van der Waals surface area contributed by atoms with E-state index in [9.17, 15) is 9.90 Å². The highest BCUT2D eigenvalue weighted by Gasteiger charge is 2.41. The fourth-order valence-corrected chi connectivity index (χ4v) is 7.60. The fourth-order valence-electron chi connectivity index (χ4n) is 7.60. The number of aliphatic hydroxyl groups excluding tert-OH is 1. The second-order valence-electron chi connectivity index (χ2n) is 16.7. The number of carbonyl (C=O) groups is 1. The van der Waals surface area contributed by atoms with E-state index < -0.39 is 0 Å². The molecule has 11 heteroatoms. The predicted molar refractivity (Wildman–Crippen MR) is 207 cm³/mol. The lowest BCUT2D eigenvalue weighted by atomic mass is 9.86. The first-order chi connectivity index (χ1) is 24.0. The third-order valence-electron chi connectivity index (χ3n) is 10.7. The summed E-state index contributed by atoms with van der Waals surface area (Å²) in [5.74, 6) is 0.237. The number of hydrogen-bond acceptors (Lipinski definition) is 7. The summed E-state index contributed by atoms with van der Waals surface area (Å²) in [4.78, 5) is 28.6. The van der Waals surface area contributed by atoms with Crippen LogP contribution in [-0.4, -0.2) is 99.2 Å². The number of ether oxygens (including phenoxy) is 1. The molecular weight excluding hydrogens is 890 g/mol. The maximum Gasteiger partial charge on any atom is 0.306 e. The molecule has 2 N–H and O–H groups in total. The minimum Gasteiger partial charge on any atom is -1.00 e. The van der Waals surface area contributed by atoms with Crippen molar-refractivity contribution < 1.29 is 71.6 Å². The van der Waals surface area contributed by atoms with Crippen LogP contribution in [0.4, 0.5) is 0 Å². The Morgan fingerprint density at radius 3 is 2.28 bits per heavy atom. The second kappa shape index (κ2) is 16.5. The van der Waals surface area contributed by atoms with Crippen molar-refractivity contribution in [1.82, 2.24) is 5.32 Å². The topological polar surface area (TPSA) is 95.6 Å². The Bertz CT molecular complexity index is 1970. The molecule has 53 heavy (non-hydrogen) atoms. The molecule has 0 spiro atoms. The SMILES string of the molecule is CCC1=C(C)C2=NC1=CC1=C(C)C3=C(O)CC(=C4NC(=CC5=NC(=C2)C(/C=C/C[N+](C)(C)C)=C5C)[C@@H](C)[C@@H]4CCC(=O)OCC[N+](C)(C)C)C3=N1.[I-].[I-]. The Morgan fingerprint density at radius 1 is 0.943 bits per heavy atom. The Kier molecular flexibility index (Phi) is 13.3. The van der Waals surface area contributed by atoms with Crippen molar-refractivity contribution in [3.63, 3.8) is 0 Å². The van der Waals surface area contributed by atoms with Crippen LogP contribution in [0.3, 0.4) is 0 Å². The van der Waals surface area contributed by atoms with E-state index in [1.165, 1.54) is 5.57 Å². The van der Waals surface area contributed by atoms with Gasteiger partial charge in [-0.15, -0.1) is 0 Å². The zero-order chi connectivity index (χ0) is 37.0. The largest absolute Gasteiger partial charge is 1.00 e. The Hall–Kier alpha value is -2.88. The molecule has 8 bridgehead atoms. The molecule has 0 unspecified atom stereocenters. The molecule has 5 aliphatic heterocycles. The third kappa shape index (κ3) is 8.99. The molecule has 0 amide bonds. The van der Waals surface area contributed by atoms with Crippen LogP contribution < -0.4 is 53.3 Å². The summed E-state index contributed by atoms with van der Waals surface area (Å²) in [5.41, 5.74) is 14.7. The molecule has 0 saturated carbocycles. The number of hydrogen-bond donors (Lipinski definition) is 2. The molecule has 0 radical (unpaired) electrons. The van der Waals surface area contributed by atoms with Gasteiger partial charge in [-0.2, -0.15) is 0 Å². The van der Waals surface area contributed by atoms with Gasteiger partial charge in [0.2, 0.25) is 0 Å². The average Bonchev–Trinajstić information content (AvgIpc) is 3.78. The summed E-state index contributed by atoms with van der Waals surface area (Å²) in [6.07, 6.45) is 13.0. The molecule has 0 aromatic heterocycles. The minimum absolute atomic E-state index is 0. The lowest BCUT2D eigenvalue weighted by Crippen LogP contribution is -3.00. The Balaban J connectivity index is 0.00000314. The summed E-state index contributed by atoms with van der Waals surface area (Å²) in [6.45, 7) is 12.8. The summed E-state index contributed by atoms with van der Waals surface area (Å²) < 4.78 is 7.23. The lowest BCUT2D eigenvalue weighted by molar-refractivity contribution is -0.870. The van der Waals surface area contributed by atoms with Crippen LogP contribution in [-0.2, 0) is 9.53 Å². The maximum absolute atomic E-state index is 13.0. The van der Waals surface area contributed by atoms with E-state index in [1.54, 1.807) is 0 Å². The molecular formula is C42H56I2N6O3. The van der Waals surface area contributed by atoms with Gasteiger partial charge in [-0.25, -0.2) is 15.0 Å². The molecule has 9 nitrogen and oxygen atoms in total. The van der Waals surface area contributed by atoms with Crippen LogP contribution in [0.2, 0.25) is 0 Å². The number of carbonyl (C=O) groups excluding carboxylic acids is 1. The number of nitrogens with one attached hydrogen (secondary N) is 1. The van der Waals surface area contributed by atoms with Gasteiger partial charge in [0, 0.05) is 52.8 Å². The van der Waals surface area contributed by atoms with E-state index >= 15 is 0 Å². The molecule has 0 aromatic carbocycles. The summed E-state index contributed by atoms with van der Waals surface area (Å²) in [6, 6.07) is 0. The Labute approximate surface area is 350 Å². The normalized spacial score (nSPS) is 22.5. The zero-order valence-electron chi connectivity index (χ0n) is 33.2. The molecule has 5 heterocycles. The first-order valence-corrected chi connectivity index (χ1v) is 18.4. The fraction of sp³-hybridized carbons (Fsp3) is 0.476. The van der Waals surface area contributed by atoms with E-state index in [1.807, 2.05) is 6.92 Å². The number of likely N-dealkylation sites (N-methyl/N-ethyl adjacent to an activating group) is 2. The lowest BCUT2D eigenvalue weighted by Gasteiger charge is -2.23. The number of allylic oxidation sites excluding steroid dienone is 12. The number of esters is 1. The number of rotatable bonds is 10. The van der Waals surface area contributed by atoms with Gasteiger partial charge in [0.1, 0.15) is 18.9 Å². The van der Waals surface area contributed by atoms with E-state index in [0.717, 1.165) is 108 Å². The standard InChI is InChI=1S/C42H55N6O3.2HI/c1-12-28-24(2)33-22-37-29(14-13-17-47(6,7)8)25(3)32(44-37)21-34-26(4)30(15-16-39(50)51-19-18-48(9,10)11)41(45-34)31-20-38(49)40-27(5)35(46-42(31)40)23-36(28)43-33;;/h13-14,21-23,26,30H,12,15-20H2,1-11H3,(H-,43,44,45,46,49);2*1H/q+1;;/p-1/b14-13+;;/t26-,30-;;/m0../s1. The molecule has 2 atom stereocenters. The van der Waals surface area contributed by atoms with Crippen molar-refractivity contribution in [2.45, 2.75) is 60.3 Å². The van der Waals surface area contributed by atoms with Crippen molar-refractivity contribution >= 4 is 23.1 Å². The van der Waals surface area contributed by atoms with Gasteiger partial charge in [-0.3, -0.25) is 4.79 Å². The zero-order valence-corrected chi connectivity index (χ0v) is 37.6. The van der Waals surface area contributed by atoms with Crippen LogP contribution in [0.15, 0.2) is 119 Å². The van der Waals surface area contributed by atoms with Gasteiger partial charge in [-0.1, -0.05) is 19.9 Å². The van der Waals surface area contributed by atoms with Crippen molar-refractivity contribution in [3.8, 4) is 0 Å². The molecule has 1 saturated heterocycles. The first-order valence-electron chi connectivity index (χ1n) is 18.4. The maximum atomic E-state index is 13.0. The van der Waals surface area contributed by atoms with Gasteiger partial charge >= 0.3 is 5.97 Å². The van der Waals surface area contributed by atoms with Gasteiger partial charge in [0.05, 0.1) is 83.1 Å². The molecule has 1 fully saturated rings. The number of quaternary nitrogens is 2. The molecule has 6 rings (SSSR count). The predicted octanol–water partition coefficient (Wildman–Crippen LogP) is 0.958. The van der Waals surface area contributed by atoms with Crippen molar-refractivity contribution in [2.75, 3.05) is 62.0 Å². The average molecular weight is 947 g/mol. The van der Waals surface area contributed by atoms with Gasteiger partial charge in [0.15, 0.2) is 0 Å². The molecule has 0 aromatic rings. The van der Waals surface area contributed by atoms with E-state index in [2.05, 4.69) is 106 Å². The van der Waals surface area contributed by atoms with Crippen LogP contribution >= 0.6 is 0 Å². The smallest absolute Gasteiger partial charge is 0.306 e. The number of fused-ring (bicyclic) bond motifs is 5. The number of nitrogens with zero attached hydrogens (tertiary/aromatic N) is 5. The van der Waals surface area contributed by atoms with Crippen LogP contribution in [0.1, 0.15) is 60.3 Å². The highest BCUT2D eigenvalue weighted by molar-refractivity contribution is 6.21. The van der Waals surface area contributed by atoms with Crippen molar-refractivity contribution in [3.05, 3.63) is 104 Å². The number of aliphatic hydroxyl groups is 1. The second-order valence-corrected chi connectivity index (χ2v) is 16.7. The minimum atomic E-state index is -0.182. The third-order valence-corrected chi connectivity index (χ3v) is 10.7. The van der Waals surface area contributed by atoms with Gasteiger partial charge in [0.25, 0.3) is 0 Å². The van der Waals surface area contributed by atoms with Crippen LogP contribution in [0, 0.1) is 11.8 Å². The molecule has 1 aliphatic carbocycles. The van der Waals surface area contributed by atoms with E-state index in [0.29, 0.717) is 31.6 Å². The quantitative estimate of drug-likeness (QED) is 0.194. The Morgan fingerprint density at radius 2 is 1.62 bits per heavy atom. The summed E-state index contributed by atoms with van der Waals surface area (Å²) in [5, 5.41) is 15.2. The van der Waals surface area contributed by atoms with Crippen LogP contribution in [0.5, 0.6) is 0 Å². The van der Waals surface area contributed by atoms with E-state index in [-0.39, 0.29) is 65.8 Å². The monoisotopic (exact) mass is 946 g/mol. The first kappa shape index (κ1) is 42.9. The molecule has 6 aliphatic rings. The highest BCUT2D eigenvalue weighted by atomic mass is 127. The molecule has 286 valence electrons. The van der Waals surface area contributed by atoms with Crippen molar-refractivity contribution in [2.24, 2.45) is 26.8 Å². The summed E-state index contributed by atoms with van der Waals surface area (Å²) in [7, 11) is 12.8. The number of aliphatic imine (C=N–C) groups is 3. The number of halogens is 2. The van der Waals surface area contributed by atoms with Gasteiger partial charge < -0.3 is 72.1 Å². The van der Waals surface area contributed by atoms with Crippen LogP contribution in [0.25, 0.3) is 0 Å². The highest BCUT2D eigenvalue weighted by Crippen LogP contribution is 2.46. The summed E-state index contributed by atoms with van der Waals surface area (Å²) >= 11 is 0. The van der Waals surface area contributed by atoms with Gasteiger partial charge in [-0.05, 0) is 80.2 Å². The van der Waals surface area contributed by atoms with E-state index in [4.69, 9.17) is 19.7 Å².